The van der Waals surface area contributed by atoms with E-state index in [1.165, 1.54) is 24.3 Å². The second-order valence-corrected chi connectivity index (χ2v) is 4.65. The Labute approximate surface area is 113 Å². The van der Waals surface area contributed by atoms with Crippen molar-refractivity contribution < 1.29 is 28.1 Å². The van der Waals surface area contributed by atoms with Crippen LogP contribution < -0.4 is 0 Å². The molecule has 1 rings (SSSR count). The largest absolute Gasteiger partial charge is 0.411 e. The van der Waals surface area contributed by atoms with E-state index >= 15 is 0 Å². The minimum absolute atomic E-state index is 0.443. The smallest absolute Gasteiger partial charge is 0.395 e. The minimum atomic E-state index is -4.45. The van der Waals surface area contributed by atoms with Gasteiger partial charge in [0.25, 0.3) is 0 Å². The number of benzene rings is 1. The van der Waals surface area contributed by atoms with Crippen molar-refractivity contribution in [1.82, 2.24) is 0 Å². The van der Waals surface area contributed by atoms with E-state index in [1.54, 1.807) is 0 Å². The van der Waals surface area contributed by atoms with Gasteiger partial charge in [0.2, 0.25) is 0 Å². The third-order valence-corrected chi connectivity index (χ3v) is 2.96. The van der Waals surface area contributed by atoms with Crippen LogP contribution in [0, 0.1) is 0 Å². The molecule has 19 heavy (non-hydrogen) atoms. The fourth-order valence-corrected chi connectivity index (χ4v) is 1.70. The van der Waals surface area contributed by atoms with Crippen LogP contribution >= 0.6 is 11.6 Å². The molecule has 0 aliphatic rings. The Hall–Kier alpha value is -0.820. The van der Waals surface area contributed by atoms with Crippen LogP contribution in [0.2, 0.25) is 5.02 Å². The Morgan fingerprint density at radius 2 is 1.53 bits per heavy atom. The highest BCUT2D eigenvalue weighted by atomic mass is 35.5. The van der Waals surface area contributed by atoms with E-state index in [1.807, 2.05) is 0 Å². The zero-order valence-corrected chi connectivity index (χ0v) is 10.7. The van der Waals surface area contributed by atoms with Crippen molar-refractivity contribution in [2.75, 3.05) is 26.4 Å². The molecule has 108 valence electrons. The van der Waals surface area contributed by atoms with Crippen LogP contribution in [-0.2, 0) is 10.2 Å². The number of rotatable bonds is 6. The Bertz CT molecular complexity index is 388. The molecule has 0 amide bonds. The Balaban J connectivity index is 2.82. The molecule has 3 nitrogen and oxygen atoms in total. The summed E-state index contributed by atoms with van der Waals surface area (Å²) in [5.41, 5.74) is -0.820. The average Bonchev–Trinajstić information content (AvgIpc) is 2.35. The van der Waals surface area contributed by atoms with Gasteiger partial charge < -0.3 is 14.9 Å². The number of ether oxygens (including phenoxy) is 1. The van der Waals surface area contributed by atoms with Gasteiger partial charge in [-0.15, -0.1) is 0 Å². The molecule has 1 aromatic rings. The van der Waals surface area contributed by atoms with Crippen molar-refractivity contribution in [3.63, 3.8) is 0 Å². The highest BCUT2D eigenvalue weighted by Crippen LogP contribution is 2.26. The molecular formula is C12H14ClF3O3. The second kappa shape index (κ2) is 6.56. The fourth-order valence-electron chi connectivity index (χ4n) is 1.57. The zero-order valence-electron chi connectivity index (χ0n) is 9.95. The molecule has 0 heterocycles. The Morgan fingerprint density at radius 1 is 1.00 bits per heavy atom. The molecule has 0 saturated heterocycles. The fraction of sp³-hybridized carbons (Fsp3) is 0.500. The van der Waals surface area contributed by atoms with Gasteiger partial charge in [0.15, 0.2) is 0 Å². The molecule has 2 N–H and O–H groups in total. The van der Waals surface area contributed by atoms with Crippen LogP contribution in [0.15, 0.2) is 24.3 Å². The van der Waals surface area contributed by atoms with Crippen LogP contribution in [0.5, 0.6) is 0 Å². The minimum Gasteiger partial charge on any atom is -0.395 e. The molecule has 0 fully saturated rings. The van der Waals surface area contributed by atoms with E-state index < -0.39 is 38.0 Å². The maximum absolute atomic E-state index is 12.0. The lowest BCUT2D eigenvalue weighted by Gasteiger charge is -2.30. The summed E-state index contributed by atoms with van der Waals surface area (Å²) in [5, 5.41) is 19.2. The van der Waals surface area contributed by atoms with Crippen LogP contribution in [0.4, 0.5) is 13.2 Å². The van der Waals surface area contributed by atoms with E-state index in [0.29, 0.717) is 10.6 Å². The third-order valence-electron chi connectivity index (χ3n) is 2.71. The monoisotopic (exact) mass is 298 g/mol. The molecule has 0 radical (unpaired) electrons. The quantitative estimate of drug-likeness (QED) is 0.846. The van der Waals surface area contributed by atoms with Crippen molar-refractivity contribution in [1.29, 1.82) is 0 Å². The first kappa shape index (κ1) is 16.2. The Morgan fingerprint density at radius 3 is 1.95 bits per heavy atom. The standard InChI is InChI=1S/C12H14ClF3O3/c13-10-3-1-9(2-4-10)11(5-17,6-18)7-19-8-12(14,15)16/h1-4,17-18H,5-8H2. The molecule has 0 aromatic heterocycles. The lowest BCUT2D eigenvalue weighted by molar-refractivity contribution is -0.180. The van der Waals surface area contributed by atoms with Crippen LogP contribution in [-0.4, -0.2) is 42.8 Å². The summed E-state index contributed by atoms with van der Waals surface area (Å²) in [6.07, 6.45) is -4.45. The number of alkyl halides is 3. The summed E-state index contributed by atoms with van der Waals surface area (Å²) >= 11 is 5.71. The second-order valence-electron chi connectivity index (χ2n) is 4.21. The van der Waals surface area contributed by atoms with Gasteiger partial charge >= 0.3 is 6.18 Å². The predicted octanol–water partition coefficient (Wildman–Crippen LogP) is 2.14. The van der Waals surface area contributed by atoms with E-state index in [9.17, 15) is 23.4 Å². The van der Waals surface area contributed by atoms with Crippen molar-refractivity contribution in [2.45, 2.75) is 11.6 Å². The van der Waals surface area contributed by atoms with E-state index in [2.05, 4.69) is 4.74 Å². The molecule has 0 atom stereocenters. The van der Waals surface area contributed by atoms with E-state index in [4.69, 9.17) is 11.6 Å². The maximum Gasteiger partial charge on any atom is 0.411 e. The van der Waals surface area contributed by atoms with E-state index in [0.717, 1.165) is 0 Å². The van der Waals surface area contributed by atoms with Gasteiger partial charge in [-0.05, 0) is 17.7 Å². The van der Waals surface area contributed by atoms with Crippen molar-refractivity contribution >= 4 is 11.6 Å². The molecule has 0 unspecified atom stereocenters. The number of aliphatic hydroxyl groups excluding tert-OH is 2. The van der Waals surface area contributed by atoms with Crippen LogP contribution in [0.1, 0.15) is 5.56 Å². The highest BCUT2D eigenvalue weighted by Gasteiger charge is 2.34. The summed E-state index contributed by atoms with van der Waals surface area (Å²) < 4.78 is 40.6. The van der Waals surface area contributed by atoms with Crippen molar-refractivity contribution in [3.8, 4) is 0 Å². The lowest BCUT2D eigenvalue weighted by Crippen LogP contribution is -2.40. The van der Waals surface area contributed by atoms with Crippen LogP contribution in [0.25, 0.3) is 0 Å². The predicted molar refractivity (Wildman–Crippen MR) is 64.2 cm³/mol. The van der Waals surface area contributed by atoms with Gasteiger partial charge in [0, 0.05) is 5.02 Å². The van der Waals surface area contributed by atoms with Crippen LogP contribution in [0.3, 0.4) is 0 Å². The highest BCUT2D eigenvalue weighted by molar-refractivity contribution is 6.30. The third kappa shape index (κ3) is 4.65. The normalized spacial score (nSPS) is 12.7. The van der Waals surface area contributed by atoms with Crippen molar-refractivity contribution in [2.24, 2.45) is 0 Å². The molecule has 7 heteroatoms. The molecule has 0 spiro atoms. The molecule has 0 aliphatic carbocycles. The average molecular weight is 299 g/mol. The Kier molecular flexibility index (Phi) is 5.61. The van der Waals surface area contributed by atoms with Gasteiger partial charge in [-0.2, -0.15) is 13.2 Å². The first-order valence-electron chi connectivity index (χ1n) is 5.45. The first-order chi connectivity index (χ1) is 8.83. The number of hydrogen-bond acceptors (Lipinski definition) is 3. The summed E-state index contributed by atoms with van der Waals surface area (Å²) in [4.78, 5) is 0. The van der Waals surface area contributed by atoms with Gasteiger partial charge in [-0.3, -0.25) is 0 Å². The van der Waals surface area contributed by atoms with Gasteiger partial charge in [0.05, 0.1) is 25.2 Å². The molecular weight excluding hydrogens is 285 g/mol. The summed E-state index contributed by atoms with van der Waals surface area (Å²) in [6.45, 7) is -2.95. The summed E-state index contributed by atoms with van der Waals surface area (Å²) in [7, 11) is 0. The molecule has 0 saturated carbocycles. The van der Waals surface area contributed by atoms with Gasteiger partial charge in [-0.1, -0.05) is 23.7 Å². The molecule has 0 bridgehead atoms. The summed E-state index contributed by atoms with van der Waals surface area (Å²) in [6, 6.07) is 6.12. The number of halogens is 4. The van der Waals surface area contributed by atoms with E-state index in [-0.39, 0.29) is 0 Å². The number of hydrogen-bond donors (Lipinski definition) is 2. The molecule has 0 aliphatic heterocycles. The zero-order chi connectivity index (χ0) is 14.5. The lowest BCUT2D eigenvalue weighted by atomic mass is 9.83. The SMILES string of the molecule is OCC(CO)(COCC(F)(F)F)c1ccc(Cl)cc1. The van der Waals surface area contributed by atoms with Gasteiger partial charge in [0.1, 0.15) is 6.61 Å². The summed E-state index contributed by atoms with van der Waals surface area (Å²) in [5.74, 6) is 0. The number of aliphatic hydroxyl groups is 2. The first-order valence-corrected chi connectivity index (χ1v) is 5.83. The van der Waals surface area contributed by atoms with Crippen molar-refractivity contribution in [3.05, 3.63) is 34.9 Å². The molecule has 1 aromatic carbocycles. The maximum atomic E-state index is 12.0. The van der Waals surface area contributed by atoms with Gasteiger partial charge in [-0.25, -0.2) is 0 Å². The topological polar surface area (TPSA) is 49.7 Å².